The molecule has 0 bridgehead atoms. The van der Waals surface area contributed by atoms with Gasteiger partial charge in [0.2, 0.25) is 0 Å². The van der Waals surface area contributed by atoms with Gasteiger partial charge in [0, 0.05) is 11.3 Å². The fourth-order valence-corrected chi connectivity index (χ4v) is 4.10. The Bertz CT molecular complexity index is 1340. The van der Waals surface area contributed by atoms with Gasteiger partial charge in [-0.15, -0.1) is 0 Å². The lowest BCUT2D eigenvalue weighted by Crippen LogP contribution is -2.29. The molecule has 1 N–H and O–H groups in total. The number of hydrogen-bond acceptors (Lipinski definition) is 4. The number of carbonyl (C=O) groups excluding carboxylic acids is 2. The minimum atomic E-state index is -4.60. The predicted octanol–water partition coefficient (Wildman–Crippen LogP) is 6.13. The average molecular weight is 506 g/mol. The predicted molar refractivity (Wildman–Crippen MR) is 121 cm³/mol. The molecule has 1 heterocycles. The van der Waals surface area contributed by atoms with E-state index in [1.165, 1.54) is 37.4 Å². The lowest BCUT2D eigenvalue weighted by molar-refractivity contribution is -0.137. The third-order valence-corrected chi connectivity index (χ3v) is 5.82. The van der Waals surface area contributed by atoms with Crippen LogP contribution in [0.15, 0.2) is 72.3 Å². The second kappa shape index (κ2) is 9.07. The highest BCUT2D eigenvalue weighted by molar-refractivity contribution is 6.51. The van der Waals surface area contributed by atoms with Gasteiger partial charge in [-0.05, 0) is 60.2 Å². The van der Waals surface area contributed by atoms with Gasteiger partial charge in [-0.2, -0.15) is 13.2 Å². The third kappa shape index (κ3) is 4.46. The number of nitrogens with zero attached hydrogens (tertiary/aromatic N) is 1. The highest BCUT2D eigenvalue weighted by Crippen LogP contribution is 2.43. The number of aliphatic hydroxyl groups is 1. The van der Waals surface area contributed by atoms with Crippen molar-refractivity contribution in [2.45, 2.75) is 12.2 Å². The van der Waals surface area contributed by atoms with Crippen LogP contribution < -0.4 is 9.64 Å². The second-order valence-electron chi connectivity index (χ2n) is 7.61. The summed E-state index contributed by atoms with van der Waals surface area (Å²) < 4.78 is 57.8. The van der Waals surface area contributed by atoms with Crippen molar-refractivity contribution in [3.8, 4) is 5.75 Å². The van der Waals surface area contributed by atoms with Crippen LogP contribution in [0.1, 0.15) is 22.7 Å². The maximum absolute atomic E-state index is 13.6. The van der Waals surface area contributed by atoms with Gasteiger partial charge in [-0.1, -0.05) is 23.7 Å². The van der Waals surface area contributed by atoms with Crippen LogP contribution in [0.5, 0.6) is 5.75 Å². The normalized spacial score (nSPS) is 17.7. The van der Waals surface area contributed by atoms with Crippen molar-refractivity contribution in [3.05, 3.63) is 99.8 Å². The minimum Gasteiger partial charge on any atom is -0.507 e. The molecule has 1 aliphatic heterocycles. The monoisotopic (exact) mass is 505 g/mol. The average Bonchev–Trinajstić information content (AvgIpc) is 3.09. The number of anilines is 1. The number of amides is 1. The number of carbonyl (C=O) groups is 2. The number of methoxy groups -OCH3 is 1. The topological polar surface area (TPSA) is 66.8 Å². The lowest BCUT2D eigenvalue weighted by atomic mass is 9.95. The first-order chi connectivity index (χ1) is 16.5. The van der Waals surface area contributed by atoms with Gasteiger partial charge in [0.15, 0.2) is 0 Å². The van der Waals surface area contributed by atoms with Gasteiger partial charge in [0.25, 0.3) is 11.7 Å². The van der Waals surface area contributed by atoms with Gasteiger partial charge in [-0.3, -0.25) is 14.5 Å². The number of Topliss-reactive ketones (excluding diaryl/α,β-unsaturated/α-hetero) is 1. The highest BCUT2D eigenvalue weighted by Gasteiger charge is 2.47. The molecule has 0 aromatic heterocycles. The molecule has 1 fully saturated rings. The standard InChI is InChI=1S/C25H16ClF4NO4/c1-35-19-11-4-14(12-18(19)26)22(32)20-21(13-2-7-16(27)8-3-13)31(24(34)23(20)33)17-9-5-15(6-10-17)25(28,29)30/h2-12,21,32H,1H3/b22-20-. The van der Waals surface area contributed by atoms with Crippen molar-refractivity contribution in [2.75, 3.05) is 12.0 Å². The molecule has 1 atom stereocenters. The van der Waals surface area contributed by atoms with Crippen molar-refractivity contribution in [1.29, 1.82) is 0 Å². The van der Waals surface area contributed by atoms with E-state index in [4.69, 9.17) is 16.3 Å². The first-order valence-electron chi connectivity index (χ1n) is 10.1. The molecule has 35 heavy (non-hydrogen) atoms. The van der Waals surface area contributed by atoms with Crippen molar-refractivity contribution in [2.24, 2.45) is 0 Å². The fourth-order valence-electron chi connectivity index (χ4n) is 3.84. The SMILES string of the molecule is COc1ccc(/C(O)=C2/C(=O)C(=O)N(c3ccc(C(F)(F)F)cc3)C2c2ccc(F)cc2)cc1Cl. The first kappa shape index (κ1) is 24.3. The summed E-state index contributed by atoms with van der Waals surface area (Å²) in [7, 11) is 1.39. The zero-order chi connectivity index (χ0) is 25.5. The van der Waals surface area contributed by atoms with Gasteiger partial charge in [0.05, 0.1) is 29.3 Å². The summed E-state index contributed by atoms with van der Waals surface area (Å²) in [6.07, 6.45) is -4.60. The molecule has 0 spiro atoms. The van der Waals surface area contributed by atoms with Crippen molar-refractivity contribution in [1.82, 2.24) is 0 Å². The molecule has 0 aliphatic carbocycles. The van der Waals surface area contributed by atoms with E-state index in [0.717, 1.165) is 41.3 Å². The Morgan fingerprint density at radius 3 is 2.17 bits per heavy atom. The van der Waals surface area contributed by atoms with Crippen LogP contribution in [0.4, 0.5) is 23.2 Å². The Morgan fingerprint density at radius 2 is 1.63 bits per heavy atom. The maximum Gasteiger partial charge on any atom is 0.416 e. The fraction of sp³-hybridized carbons (Fsp3) is 0.120. The van der Waals surface area contributed by atoms with E-state index >= 15 is 0 Å². The lowest BCUT2D eigenvalue weighted by Gasteiger charge is -2.25. The smallest absolute Gasteiger partial charge is 0.416 e. The van der Waals surface area contributed by atoms with Crippen LogP contribution in [0.2, 0.25) is 5.02 Å². The molecular weight excluding hydrogens is 490 g/mol. The van der Waals surface area contributed by atoms with Gasteiger partial charge in [-0.25, -0.2) is 4.39 Å². The molecule has 1 aliphatic rings. The summed E-state index contributed by atoms with van der Waals surface area (Å²) in [5, 5.41) is 11.2. The zero-order valence-corrected chi connectivity index (χ0v) is 18.7. The van der Waals surface area contributed by atoms with E-state index in [1.807, 2.05) is 0 Å². The Balaban J connectivity index is 1.90. The summed E-state index contributed by atoms with van der Waals surface area (Å²) in [6, 6.07) is 11.5. The first-order valence-corrected chi connectivity index (χ1v) is 10.5. The van der Waals surface area contributed by atoms with E-state index < -0.39 is 41.0 Å². The molecule has 4 rings (SSSR count). The van der Waals surface area contributed by atoms with E-state index in [0.29, 0.717) is 5.75 Å². The van der Waals surface area contributed by atoms with Crippen molar-refractivity contribution >= 4 is 34.7 Å². The van der Waals surface area contributed by atoms with Gasteiger partial charge >= 0.3 is 6.18 Å². The zero-order valence-electron chi connectivity index (χ0n) is 17.9. The Morgan fingerprint density at radius 1 is 1.00 bits per heavy atom. The van der Waals surface area contributed by atoms with Crippen LogP contribution in [0.3, 0.4) is 0 Å². The van der Waals surface area contributed by atoms with Gasteiger partial charge in [0.1, 0.15) is 17.3 Å². The van der Waals surface area contributed by atoms with E-state index in [1.54, 1.807) is 0 Å². The van der Waals surface area contributed by atoms with Crippen LogP contribution in [-0.2, 0) is 15.8 Å². The molecule has 1 unspecified atom stereocenters. The molecule has 1 amide bonds. The molecule has 3 aromatic carbocycles. The maximum atomic E-state index is 13.6. The van der Waals surface area contributed by atoms with Crippen molar-refractivity contribution < 1.29 is 37.0 Å². The molecule has 0 radical (unpaired) electrons. The summed E-state index contributed by atoms with van der Waals surface area (Å²) in [6.45, 7) is 0. The number of rotatable bonds is 4. The molecular formula is C25H16ClF4NO4. The number of ether oxygens (including phenoxy) is 1. The number of ketones is 1. The van der Waals surface area contributed by atoms with E-state index in [-0.39, 0.29) is 27.4 Å². The Kier molecular flexibility index (Phi) is 6.29. The third-order valence-electron chi connectivity index (χ3n) is 5.53. The van der Waals surface area contributed by atoms with Crippen LogP contribution in [0.25, 0.3) is 5.76 Å². The molecule has 10 heteroatoms. The summed E-state index contributed by atoms with van der Waals surface area (Å²) >= 11 is 6.14. The largest absolute Gasteiger partial charge is 0.507 e. The second-order valence-corrected chi connectivity index (χ2v) is 8.02. The van der Waals surface area contributed by atoms with Gasteiger partial charge < -0.3 is 9.84 Å². The number of aliphatic hydroxyl groups excluding tert-OH is 1. The molecule has 180 valence electrons. The van der Waals surface area contributed by atoms with Crippen LogP contribution in [-0.4, -0.2) is 23.9 Å². The number of benzene rings is 3. The van der Waals surface area contributed by atoms with Crippen LogP contribution >= 0.6 is 11.6 Å². The van der Waals surface area contributed by atoms with E-state index in [2.05, 4.69) is 0 Å². The minimum absolute atomic E-state index is 0.0127. The Hall–Kier alpha value is -3.85. The number of hydrogen-bond donors (Lipinski definition) is 1. The molecule has 3 aromatic rings. The summed E-state index contributed by atoms with van der Waals surface area (Å²) in [5.41, 5.74) is -0.923. The summed E-state index contributed by atoms with van der Waals surface area (Å²) in [5.74, 6) is -2.97. The summed E-state index contributed by atoms with van der Waals surface area (Å²) in [4.78, 5) is 27.1. The highest BCUT2D eigenvalue weighted by atomic mass is 35.5. The Labute approximate surface area is 201 Å². The molecule has 1 saturated heterocycles. The quantitative estimate of drug-likeness (QED) is 0.200. The number of alkyl halides is 3. The molecule has 5 nitrogen and oxygen atoms in total. The van der Waals surface area contributed by atoms with Crippen molar-refractivity contribution in [3.63, 3.8) is 0 Å². The molecule has 0 saturated carbocycles. The van der Waals surface area contributed by atoms with Crippen LogP contribution in [0, 0.1) is 5.82 Å². The number of halogens is 5. The van der Waals surface area contributed by atoms with E-state index in [9.17, 15) is 32.3 Å².